The molecule has 1 saturated carbocycles. The van der Waals surface area contributed by atoms with Gasteiger partial charge in [-0.25, -0.2) is 0 Å². The molecule has 3 rings (SSSR count). The predicted molar refractivity (Wildman–Crippen MR) is 83.8 cm³/mol. The lowest BCUT2D eigenvalue weighted by molar-refractivity contribution is -0.385. The SMILES string of the molecule is Cc1ccc(C(=O)N2CCC[C@H]3CCCC[C@@H]32)cc1[N+](=O)[O-]. The van der Waals surface area contributed by atoms with Crippen LogP contribution in [0.25, 0.3) is 0 Å². The fourth-order valence-corrected chi connectivity index (χ4v) is 3.98. The van der Waals surface area contributed by atoms with Gasteiger partial charge in [0.25, 0.3) is 11.6 Å². The van der Waals surface area contributed by atoms with Crippen LogP contribution in [-0.2, 0) is 0 Å². The topological polar surface area (TPSA) is 63.5 Å². The van der Waals surface area contributed by atoms with Crippen LogP contribution in [0.5, 0.6) is 0 Å². The first kappa shape index (κ1) is 15.0. The number of carbonyl (C=O) groups excluding carboxylic acids is 1. The number of fused-ring (bicyclic) bond motifs is 1. The highest BCUT2D eigenvalue weighted by Crippen LogP contribution is 2.36. The number of likely N-dealkylation sites (tertiary alicyclic amines) is 1. The van der Waals surface area contributed by atoms with Gasteiger partial charge >= 0.3 is 0 Å². The van der Waals surface area contributed by atoms with E-state index in [9.17, 15) is 14.9 Å². The van der Waals surface area contributed by atoms with Gasteiger partial charge in [0.2, 0.25) is 0 Å². The molecule has 1 amide bonds. The average Bonchev–Trinajstić information content (AvgIpc) is 2.54. The minimum absolute atomic E-state index is 0.0306. The fourth-order valence-electron chi connectivity index (χ4n) is 3.98. The molecule has 1 aromatic rings. The van der Waals surface area contributed by atoms with Crippen LogP contribution in [0.2, 0.25) is 0 Å². The van der Waals surface area contributed by atoms with E-state index in [0.717, 1.165) is 19.4 Å². The molecule has 0 bridgehead atoms. The van der Waals surface area contributed by atoms with Crippen LogP contribution in [-0.4, -0.2) is 28.3 Å². The summed E-state index contributed by atoms with van der Waals surface area (Å²) in [5.74, 6) is 0.576. The van der Waals surface area contributed by atoms with Crippen molar-refractivity contribution in [2.45, 2.75) is 51.5 Å². The van der Waals surface area contributed by atoms with Crippen LogP contribution in [0.1, 0.15) is 54.4 Å². The van der Waals surface area contributed by atoms with Crippen LogP contribution < -0.4 is 0 Å². The van der Waals surface area contributed by atoms with Crippen molar-refractivity contribution in [2.75, 3.05) is 6.54 Å². The highest BCUT2D eigenvalue weighted by atomic mass is 16.6. The molecular weight excluding hydrogens is 280 g/mol. The first-order valence-corrected chi connectivity index (χ1v) is 8.14. The molecule has 118 valence electrons. The molecule has 1 heterocycles. The third kappa shape index (κ3) is 2.72. The maximum Gasteiger partial charge on any atom is 0.273 e. The molecule has 1 aliphatic heterocycles. The molecule has 0 unspecified atom stereocenters. The molecule has 22 heavy (non-hydrogen) atoms. The van der Waals surface area contributed by atoms with E-state index in [4.69, 9.17) is 0 Å². The average molecular weight is 302 g/mol. The van der Waals surface area contributed by atoms with Crippen molar-refractivity contribution in [3.8, 4) is 0 Å². The van der Waals surface area contributed by atoms with Crippen molar-refractivity contribution in [1.29, 1.82) is 0 Å². The Bertz CT molecular complexity index is 598. The number of rotatable bonds is 2. The summed E-state index contributed by atoms with van der Waals surface area (Å²) < 4.78 is 0. The van der Waals surface area contributed by atoms with E-state index >= 15 is 0 Å². The monoisotopic (exact) mass is 302 g/mol. The minimum atomic E-state index is -0.411. The summed E-state index contributed by atoms with van der Waals surface area (Å²) in [7, 11) is 0. The second-order valence-corrected chi connectivity index (χ2v) is 6.51. The number of nitrogens with zero attached hydrogens (tertiary/aromatic N) is 2. The molecule has 2 fully saturated rings. The van der Waals surface area contributed by atoms with Gasteiger partial charge in [-0.05, 0) is 44.6 Å². The molecule has 0 aromatic heterocycles. The first-order valence-electron chi connectivity index (χ1n) is 8.14. The molecule has 1 saturated heterocycles. The summed E-state index contributed by atoms with van der Waals surface area (Å²) in [6.07, 6.45) is 6.98. The van der Waals surface area contributed by atoms with Crippen molar-refractivity contribution in [3.63, 3.8) is 0 Å². The molecule has 1 aromatic carbocycles. The lowest BCUT2D eigenvalue weighted by Gasteiger charge is -2.44. The number of nitro groups is 1. The van der Waals surface area contributed by atoms with Crippen molar-refractivity contribution >= 4 is 11.6 Å². The van der Waals surface area contributed by atoms with Crippen LogP contribution in [0.4, 0.5) is 5.69 Å². The third-order valence-corrected chi connectivity index (χ3v) is 5.16. The van der Waals surface area contributed by atoms with Gasteiger partial charge in [-0.15, -0.1) is 0 Å². The largest absolute Gasteiger partial charge is 0.335 e. The number of benzene rings is 1. The van der Waals surface area contributed by atoms with Gasteiger partial charge in [0.05, 0.1) is 4.92 Å². The number of hydrogen-bond acceptors (Lipinski definition) is 3. The second-order valence-electron chi connectivity index (χ2n) is 6.51. The Morgan fingerprint density at radius 2 is 1.95 bits per heavy atom. The van der Waals surface area contributed by atoms with Crippen molar-refractivity contribution in [1.82, 2.24) is 4.90 Å². The number of carbonyl (C=O) groups is 1. The highest BCUT2D eigenvalue weighted by Gasteiger charge is 2.36. The Hall–Kier alpha value is -1.91. The minimum Gasteiger partial charge on any atom is -0.335 e. The predicted octanol–water partition coefficient (Wildman–Crippen LogP) is 3.70. The zero-order chi connectivity index (χ0) is 15.7. The highest BCUT2D eigenvalue weighted by molar-refractivity contribution is 5.95. The Labute approximate surface area is 130 Å². The summed E-state index contributed by atoms with van der Waals surface area (Å²) in [6.45, 7) is 2.48. The molecular formula is C17H22N2O3. The van der Waals surface area contributed by atoms with Crippen molar-refractivity contribution in [3.05, 3.63) is 39.4 Å². The van der Waals surface area contributed by atoms with E-state index in [1.165, 1.54) is 31.7 Å². The van der Waals surface area contributed by atoms with Gasteiger partial charge in [-0.3, -0.25) is 14.9 Å². The molecule has 1 aliphatic carbocycles. The standard InChI is InChI=1S/C17H22N2O3/c1-12-8-9-14(11-16(12)19(21)22)17(20)18-10-4-6-13-5-2-3-7-15(13)18/h8-9,11,13,15H,2-7,10H2,1H3/t13-,15+/m1/s1. The van der Waals surface area contributed by atoms with E-state index in [1.54, 1.807) is 19.1 Å². The lowest BCUT2D eigenvalue weighted by atomic mass is 9.78. The van der Waals surface area contributed by atoms with E-state index in [2.05, 4.69) is 0 Å². The number of hydrogen-bond donors (Lipinski definition) is 0. The van der Waals surface area contributed by atoms with E-state index in [-0.39, 0.29) is 11.6 Å². The quantitative estimate of drug-likeness (QED) is 0.618. The molecule has 2 atom stereocenters. The lowest BCUT2D eigenvalue weighted by Crippen LogP contribution is -2.49. The Balaban J connectivity index is 1.86. The molecule has 5 heteroatoms. The van der Waals surface area contributed by atoms with Gasteiger partial charge in [0, 0.05) is 29.8 Å². The maximum absolute atomic E-state index is 12.8. The second kappa shape index (κ2) is 6.07. The van der Waals surface area contributed by atoms with Gasteiger partial charge in [0.15, 0.2) is 0 Å². The Morgan fingerprint density at radius 1 is 1.23 bits per heavy atom. The molecule has 0 radical (unpaired) electrons. The normalized spacial score (nSPS) is 24.7. The molecule has 2 aliphatic rings. The van der Waals surface area contributed by atoms with Gasteiger partial charge in [-0.1, -0.05) is 18.9 Å². The number of nitro benzene ring substituents is 1. The summed E-state index contributed by atoms with van der Waals surface area (Å²) in [4.78, 5) is 25.5. The fraction of sp³-hybridized carbons (Fsp3) is 0.588. The smallest absolute Gasteiger partial charge is 0.273 e. The molecule has 0 spiro atoms. The maximum atomic E-state index is 12.8. The van der Waals surface area contributed by atoms with Gasteiger partial charge in [-0.2, -0.15) is 0 Å². The summed E-state index contributed by atoms with van der Waals surface area (Å²) in [5, 5.41) is 11.1. The number of piperidine rings is 1. The zero-order valence-electron chi connectivity index (χ0n) is 13.0. The first-order chi connectivity index (χ1) is 10.6. The van der Waals surface area contributed by atoms with Gasteiger partial charge < -0.3 is 4.90 Å². The molecule has 0 N–H and O–H groups in total. The summed E-state index contributed by atoms with van der Waals surface area (Å²) in [5.41, 5.74) is 1.07. The number of amides is 1. The number of aryl methyl sites for hydroxylation is 1. The van der Waals surface area contributed by atoms with Crippen molar-refractivity contribution < 1.29 is 9.72 Å². The molecule has 5 nitrogen and oxygen atoms in total. The summed E-state index contributed by atoms with van der Waals surface area (Å²) in [6, 6.07) is 5.16. The van der Waals surface area contributed by atoms with Crippen LogP contribution in [0.3, 0.4) is 0 Å². The Morgan fingerprint density at radius 3 is 2.73 bits per heavy atom. The van der Waals surface area contributed by atoms with E-state index in [1.807, 2.05) is 4.90 Å². The van der Waals surface area contributed by atoms with Crippen LogP contribution >= 0.6 is 0 Å². The van der Waals surface area contributed by atoms with Crippen LogP contribution in [0, 0.1) is 23.0 Å². The van der Waals surface area contributed by atoms with E-state index in [0.29, 0.717) is 23.1 Å². The van der Waals surface area contributed by atoms with E-state index < -0.39 is 4.92 Å². The summed E-state index contributed by atoms with van der Waals surface area (Å²) >= 11 is 0. The third-order valence-electron chi connectivity index (χ3n) is 5.16. The Kier molecular flexibility index (Phi) is 4.14. The van der Waals surface area contributed by atoms with Crippen molar-refractivity contribution in [2.24, 2.45) is 5.92 Å². The van der Waals surface area contributed by atoms with Gasteiger partial charge in [0.1, 0.15) is 0 Å². The zero-order valence-corrected chi connectivity index (χ0v) is 13.0. The van der Waals surface area contributed by atoms with Crippen LogP contribution in [0.15, 0.2) is 18.2 Å².